The molecule has 0 radical (unpaired) electrons. The minimum Gasteiger partial charge on any atom is -0.0843 e. The Labute approximate surface area is 200 Å². The third-order valence-corrected chi connectivity index (χ3v) is 5.00. The predicted molar refractivity (Wildman–Crippen MR) is 143 cm³/mol. The lowest BCUT2D eigenvalue weighted by atomic mass is 10.1. The quantitative estimate of drug-likeness (QED) is 0.208. The van der Waals surface area contributed by atoms with Crippen molar-refractivity contribution >= 4 is 47.5 Å². The Kier molecular flexibility index (Phi) is 9.61. The van der Waals surface area contributed by atoms with Crippen LogP contribution in [0.15, 0.2) is 121 Å². The van der Waals surface area contributed by atoms with Gasteiger partial charge in [-0.1, -0.05) is 145 Å². The molecule has 0 bridgehead atoms. The molecule has 0 aliphatic rings. The van der Waals surface area contributed by atoms with E-state index >= 15 is 0 Å². The fourth-order valence-corrected chi connectivity index (χ4v) is 3.05. The zero-order valence-electron chi connectivity index (χ0n) is 17.6. The van der Waals surface area contributed by atoms with Gasteiger partial charge in [0.15, 0.2) is 0 Å². The maximum absolute atomic E-state index is 5.81. The summed E-state index contributed by atoms with van der Waals surface area (Å²) in [6, 6.07) is 36.0. The molecule has 4 aromatic carbocycles. The largest absolute Gasteiger partial charge is 0.0843 e. The van der Waals surface area contributed by atoms with E-state index in [0.717, 1.165) is 21.2 Å². The van der Waals surface area contributed by atoms with E-state index in [-0.39, 0.29) is 0 Å². The summed E-state index contributed by atoms with van der Waals surface area (Å²) in [5.41, 5.74) is 4.70. The molecule has 0 saturated carbocycles. The van der Waals surface area contributed by atoms with E-state index in [0.29, 0.717) is 0 Å². The van der Waals surface area contributed by atoms with Crippen molar-refractivity contribution in [2.24, 2.45) is 0 Å². The molecule has 0 unspecified atom stereocenters. The van der Waals surface area contributed by atoms with Gasteiger partial charge in [0.1, 0.15) is 0 Å². The molecule has 0 N–H and O–H groups in total. The topological polar surface area (TPSA) is 0 Å². The molecule has 0 heterocycles. The van der Waals surface area contributed by atoms with Crippen LogP contribution >= 0.6 is 23.2 Å². The van der Waals surface area contributed by atoms with Gasteiger partial charge in [0, 0.05) is 10.0 Å². The first-order valence-electron chi connectivity index (χ1n) is 10.3. The van der Waals surface area contributed by atoms with Crippen LogP contribution in [0.5, 0.6) is 0 Å². The minimum atomic E-state index is 0.766. The van der Waals surface area contributed by atoms with Crippen LogP contribution in [0.1, 0.15) is 22.3 Å². The fourth-order valence-electron chi connectivity index (χ4n) is 2.80. The van der Waals surface area contributed by atoms with Gasteiger partial charge in [-0.25, -0.2) is 0 Å². The molecule has 0 nitrogen and oxygen atoms in total. The van der Waals surface area contributed by atoms with E-state index in [1.807, 2.05) is 97.1 Å². The van der Waals surface area contributed by atoms with Crippen molar-refractivity contribution in [1.82, 2.24) is 0 Å². The second-order valence-corrected chi connectivity index (χ2v) is 7.85. The zero-order valence-corrected chi connectivity index (χ0v) is 19.1. The van der Waals surface area contributed by atoms with E-state index in [1.165, 1.54) is 11.1 Å². The highest BCUT2D eigenvalue weighted by atomic mass is 35.5. The van der Waals surface area contributed by atoms with Crippen molar-refractivity contribution in [2.75, 3.05) is 0 Å². The van der Waals surface area contributed by atoms with Gasteiger partial charge >= 0.3 is 0 Å². The lowest BCUT2D eigenvalue weighted by Crippen LogP contribution is -1.71. The van der Waals surface area contributed by atoms with Crippen molar-refractivity contribution in [3.8, 4) is 0 Å². The Bertz CT molecular complexity index is 1140. The van der Waals surface area contributed by atoms with Gasteiger partial charge in [-0.2, -0.15) is 0 Å². The maximum atomic E-state index is 5.81. The average molecular weight is 455 g/mol. The fraction of sp³-hybridized carbons (Fsp3) is 0. The summed E-state index contributed by atoms with van der Waals surface area (Å²) in [7, 11) is 0. The van der Waals surface area contributed by atoms with Crippen LogP contribution in [-0.2, 0) is 0 Å². The average Bonchev–Trinajstić information content (AvgIpc) is 2.84. The second-order valence-electron chi connectivity index (χ2n) is 6.98. The number of halogens is 2. The van der Waals surface area contributed by atoms with Gasteiger partial charge in [0.25, 0.3) is 0 Å². The highest BCUT2D eigenvalue weighted by molar-refractivity contribution is 6.30. The molecular formula is C30H24Cl2. The molecular weight excluding hydrogens is 431 g/mol. The van der Waals surface area contributed by atoms with Crippen molar-refractivity contribution in [1.29, 1.82) is 0 Å². The van der Waals surface area contributed by atoms with E-state index in [9.17, 15) is 0 Å². The van der Waals surface area contributed by atoms with Crippen molar-refractivity contribution in [3.05, 3.63) is 154 Å². The van der Waals surface area contributed by atoms with Crippen molar-refractivity contribution in [3.63, 3.8) is 0 Å². The number of hydrogen-bond acceptors (Lipinski definition) is 0. The molecule has 158 valence electrons. The van der Waals surface area contributed by atoms with Gasteiger partial charge in [0.05, 0.1) is 0 Å². The molecule has 0 spiro atoms. The highest BCUT2D eigenvalue weighted by Gasteiger charge is 1.88. The highest BCUT2D eigenvalue weighted by Crippen LogP contribution is 2.13. The number of allylic oxidation sites excluding steroid dienone is 2. The van der Waals surface area contributed by atoms with Gasteiger partial charge in [0.2, 0.25) is 0 Å². The summed E-state index contributed by atoms with van der Waals surface area (Å²) in [5.74, 6) is 0. The van der Waals surface area contributed by atoms with Crippen LogP contribution in [0.4, 0.5) is 0 Å². The standard InChI is InChI=1S/C16H13Cl.C14H11Cl/c17-16-12-10-15(11-13-16)9-5-4-8-14-6-2-1-3-7-14;15-14-10-8-13(9-11-14)7-6-12-4-2-1-3-5-12/h1-13H;1-11H/b8-4+,9-5+;7-6+. The molecule has 32 heavy (non-hydrogen) atoms. The van der Waals surface area contributed by atoms with Crippen LogP contribution < -0.4 is 0 Å². The lowest BCUT2D eigenvalue weighted by Gasteiger charge is -1.94. The van der Waals surface area contributed by atoms with E-state index < -0.39 is 0 Å². The van der Waals surface area contributed by atoms with Crippen LogP contribution in [-0.4, -0.2) is 0 Å². The zero-order chi connectivity index (χ0) is 22.4. The molecule has 0 aliphatic carbocycles. The SMILES string of the molecule is Clc1ccc(/C=C/C=C/c2ccccc2)cc1.Clc1ccc(/C=C/c2ccccc2)cc1. The Balaban J connectivity index is 0.000000182. The van der Waals surface area contributed by atoms with E-state index in [2.05, 4.69) is 48.6 Å². The first-order valence-corrected chi connectivity index (χ1v) is 11.1. The van der Waals surface area contributed by atoms with Crippen molar-refractivity contribution in [2.45, 2.75) is 0 Å². The number of hydrogen-bond donors (Lipinski definition) is 0. The molecule has 2 heteroatoms. The second kappa shape index (κ2) is 13.2. The van der Waals surface area contributed by atoms with Gasteiger partial charge in [-0.3, -0.25) is 0 Å². The van der Waals surface area contributed by atoms with Gasteiger partial charge in [-0.15, -0.1) is 0 Å². The summed E-state index contributed by atoms with van der Waals surface area (Å²) in [5, 5.41) is 1.54. The molecule has 0 aromatic heterocycles. The smallest absolute Gasteiger partial charge is 0.0406 e. The van der Waals surface area contributed by atoms with Gasteiger partial charge in [-0.05, 0) is 46.5 Å². The van der Waals surface area contributed by atoms with Crippen molar-refractivity contribution < 1.29 is 0 Å². The monoisotopic (exact) mass is 454 g/mol. The Morgan fingerprint density at radius 3 is 1.06 bits per heavy atom. The van der Waals surface area contributed by atoms with Gasteiger partial charge < -0.3 is 0 Å². The van der Waals surface area contributed by atoms with E-state index in [1.54, 1.807) is 0 Å². The van der Waals surface area contributed by atoms with Crippen LogP contribution in [0, 0.1) is 0 Å². The summed E-state index contributed by atoms with van der Waals surface area (Å²) < 4.78 is 0. The first-order chi connectivity index (χ1) is 15.7. The third-order valence-electron chi connectivity index (χ3n) is 4.50. The normalized spacial score (nSPS) is 11.1. The van der Waals surface area contributed by atoms with E-state index in [4.69, 9.17) is 23.2 Å². The molecule has 0 saturated heterocycles. The molecule has 0 amide bonds. The van der Waals surface area contributed by atoms with Crippen LogP contribution in [0.2, 0.25) is 10.0 Å². The summed E-state index contributed by atoms with van der Waals surface area (Å²) in [6.07, 6.45) is 12.3. The third kappa shape index (κ3) is 8.81. The lowest BCUT2D eigenvalue weighted by molar-refractivity contribution is 1.64. The summed E-state index contributed by atoms with van der Waals surface area (Å²) >= 11 is 11.6. The molecule has 0 aliphatic heterocycles. The Hall–Kier alpha value is -3.32. The predicted octanol–water partition coefficient (Wildman–Crippen LogP) is 9.58. The summed E-state index contributed by atoms with van der Waals surface area (Å²) in [4.78, 5) is 0. The number of rotatable bonds is 5. The summed E-state index contributed by atoms with van der Waals surface area (Å²) in [6.45, 7) is 0. The Morgan fingerprint density at radius 1 is 0.344 bits per heavy atom. The van der Waals surface area contributed by atoms with Crippen LogP contribution in [0.3, 0.4) is 0 Å². The molecule has 4 rings (SSSR count). The molecule has 0 fully saturated rings. The first kappa shape index (κ1) is 23.3. The Morgan fingerprint density at radius 2 is 0.656 bits per heavy atom. The maximum Gasteiger partial charge on any atom is 0.0406 e. The van der Waals surface area contributed by atoms with Crippen LogP contribution in [0.25, 0.3) is 24.3 Å². The minimum absolute atomic E-state index is 0.766. The number of benzene rings is 4. The molecule has 0 atom stereocenters. The molecule has 4 aromatic rings.